The molecule has 0 aliphatic heterocycles. The highest BCUT2D eigenvalue weighted by Crippen LogP contribution is 2.04. The zero-order valence-electron chi connectivity index (χ0n) is 9.49. The van der Waals surface area contributed by atoms with Crippen LogP contribution >= 0.6 is 0 Å². The van der Waals surface area contributed by atoms with Gasteiger partial charge >= 0.3 is 0 Å². The third-order valence-corrected chi connectivity index (χ3v) is 1.64. The van der Waals surface area contributed by atoms with Crippen LogP contribution in [0.3, 0.4) is 0 Å². The van der Waals surface area contributed by atoms with Crippen molar-refractivity contribution in [3.63, 3.8) is 0 Å². The summed E-state index contributed by atoms with van der Waals surface area (Å²) in [6, 6.07) is 5.70. The predicted molar refractivity (Wildman–Crippen MR) is 60.6 cm³/mol. The Morgan fingerprint density at radius 3 is 2.57 bits per heavy atom. The van der Waals surface area contributed by atoms with Crippen molar-refractivity contribution in [1.29, 1.82) is 0 Å². The Kier molecular flexibility index (Phi) is 9.28. The van der Waals surface area contributed by atoms with Gasteiger partial charge in [-0.1, -0.05) is 39.7 Å². The highest BCUT2D eigenvalue weighted by Gasteiger charge is 1.91. The smallest absolute Gasteiger partial charge is 0.213 e. The molecule has 0 amide bonds. The first kappa shape index (κ1) is 12.9. The Morgan fingerprint density at radius 2 is 2.00 bits per heavy atom. The van der Waals surface area contributed by atoms with Crippen molar-refractivity contribution in [1.82, 2.24) is 4.98 Å². The molecule has 2 heteroatoms. The lowest BCUT2D eigenvalue weighted by atomic mass is 10.3. The molecule has 0 aromatic carbocycles. The number of nitrogens with zero attached hydrogens (tertiary/aromatic N) is 1. The number of unbranched alkanes of at least 4 members (excludes halogenated alkanes) is 2. The third kappa shape index (κ3) is 6.46. The molecule has 80 valence electrons. The van der Waals surface area contributed by atoms with Crippen molar-refractivity contribution >= 4 is 0 Å². The van der Waals surface area contributed by atoms with Gasteiger partial charge in [0, 0.05) is 12.3 Å². The second kappa shape index (κ2) is 10.0. The average Bonchev–Trinajstić information content (AvgIpc) is 2.29. The van der Waals surface area contributed by atoms with Gasteiger partial charge in [0.2, 0.25) is 5.88 Å². The Labute approximate surface area is 87.3 Å². The predicted octanol–water partition coefficient (Wildman–Crippen LogP) is 3.68. The molecule has 14 heavy (non-hydrogen) atoms. The lowest BCUT2D eigenvalue weighted by Crippen LogP contribution is -1.97. The highest BCUT2D eigenvalue weighted by molar-refractivity contribution is 5.08. The second-order valence-electron chi connectivity index (χ2n) is 2.72. The van der Waals surface area contributed by atoms with Crippen LogP contribution in [-0.2, 0) is 0 Å². The van der Waals surface area contributed by atoms with Crippen molar-refractivity contribution in [3.05, 3.63) is 24.4 Å². The molecule has 0 aliphatic rings. The summed E-state index contributed by atoms with van der Waals surface area (Å²) < 4.78 is 5.40. The van der Waals surface area contributed by atoms with Crippen molar-refractivity contribution in [2.75, 3.05) is 6.61 Å². The molecule has 1 rings (SSSR count). The fraction of sp³-hybridized carbons (Fsp3) is 0.583. The summed E-state index contributed by atoms with van der Waals surface area (Å²) in [7, 11) is 0. The standard InChI is InChI=1S/C10H15NO.C2H6/c1-2-3-6-9-12-10-7-4-5-8-11-10;1-2/h4-5,7-8H,2-3,6,9H2,1H3;1-2H3. The normalized spacial score (nSPS) is 8.79. The van der Waals surface area contributed by atoms with E-state index in [1.54, 1.807) is 6.20 Å². The van der Waals surface area contributed by atoms with E-state index in [-0.39, 0.29) is 0 Å². The van der Waals surface area contributed by atoms with Crippen molar-refractivity contribution in [2.24, 2.45) is 0 Å². The minimum absolute atomic E-state index is 0.730. The number of ether oxygens (including phenoxy) is 1. The fourth-order valence-corrected chi connectivity index (χ4v) is 0.961. The van der Waals surface area contributed by atoms with Crippen LogP contribution in [0.1, 0.15) is 40.0 Å². The molecule has 0 atom stereocenters. The van der Waals surface area contributed by atoms with E-state index in [1.807, 2.05) is 32.0 Å². The summed E-state index contributed by atoms with van der Waals surface area (Å²) in [5, 5.41) is 0. The first-order valence-corrected chi connectivity index (χ1v) is 5.47. The zero-order chi connectivity index (χ0) is 10.6. The maximum absolute atomic E-state index is 5.40. The van der Waals surface area contributed by atoms with Crippen LogP contribution in [0, 0.1) is 0 Å². The maximum Gasteiger partial charge on any atom is 0.213 e. The fourth-order valence-electron chi connectivity index (χ4n) is 0.961. The molecular weight excluding hydrogens is 174 g/mol. The van der Waals surface area contributed by atoms with Crippen LogP contribution < -0.4 is 4.74 Å². The summed E-state index contributed by atoms with van der Waals surface area (Å²) in [6.45, 7) is 6.96. The Bertz CT molecular complexity index is 199. The van der Waals surface area contributed by atoms with E-state index in [9.17, 15) is 0 Å². The van der Waals surface area contributed by atoms with Gasteiger partial charge in [0.05, 0.1) is 6.61 Å². The van der Waals surface area contributed by atoms with E-state index in [0.29, 0.717) is 0 Å². The van der Waals surface area contributed by atoms with Gasteiger partial charge in [0.1, 0.15) is 0 Å². The molecule has 0 saturated heterocycles. The highest BCUT2D eigenvalue weighted by atomic mass is 16.5. The van der Waals surface area contributed by atoms with Crippen LogP contribution in [0.2, 0.25) is 0 Å². The van der Waals surface area contributed by atoms with Gasteiger partial charge in [0.15, 0.2) is 0 Å². The minimum atomic E-state index is 0.730. The maximum atomic E-state index is 5.40. The molecule has 0 N–H and O–H groups in total. The van der Waals surface area contributed by atoms with Gasteiger partial charge in [-0.05, 0) is 12.5 Å². The molecule has 0 radical (unpaired) electrons. The van der Waals surface area contributed by atoms with Crippen LogP contribution in [0.4, 0.5) is 0 Å². The number of pyridine rings is 1. The quantitative estimate of drug-likeness (QED) is 0.669. The molecular formula is C12H21NO. The number of hydrogen-bond acceptors (Lipinski definition) is 2. The summed E-state index contributed by atoms with van der Waals surface area (Å²) in [5.74, 6) is 0.730. The second-order valence-corrected chi connectivity index (χ2v) is 2.72. The van der Waals surface area contributed by atoms with Gasteiger partial charge in [0.25, 0.3) is 0 Å². The monoisotopic (exact) mass is 195 g/mol. The lowest BCUT2D eigenvalue weighted by Gasteiger charge is -2.02. The molecule has 0 fully saturated rings. The van der Waals surface area contributed by atoms with Gasteiger partial charge < -0.3 is 4.74 Å². The largest absolute Gasteiger partial charge is 0.478 e. The summed E-state index contributed by atoms with van der Waals surface area (Å²) in [5.41, 5.74) is 0. The van der Waals surface area contributed by atoms with E-state index >= 15 is 0 Å². The van der Waals surface area contributed by atoms with E-state index < -0.39 is 0 Å². The minimum Gasteiger partial charge on any atom is -0.478 e. The summed E-state index contributed by atoms with van der Waals surface area (Å²) >= 11 is 0. The molecule has 1 aromatic rings. The zero-order valence-corrected chi connectivity index (χ0v) is 9.49. The van der Waals surface area contributed by atoms with Crippen LogP contribution in [0.25, 0.3) is 0 Å². The molecule has 0 unspecified atom stereocenters. The molecule has 0 saturated carbocycles. The molecule has 2 nitrogen and oxygen atoms in total. The van der Waals surface area contributed by atoms with E-state index in [1.165, 1.54) is 12.8 Å². The summed E-state index contributed by atoms with van der Waals surface area (Å²) in [4.78, 5) is 4.05. The van der Waals surface area contributed by atoms with Crippen LogP contribution in [-0.4, -0.2) is 11.6 Å². The van der Waals surface area contributed by atoms with Gasteiger partial charge in [-0.15, -0.1) is 0 Å². The number of rotatable bonds is 5. The van der Waals surface area contributed by atoms with Crippen molar-refractivity contribution in [2.45, 2.75) is 40.0 Å². The van der Waals surface area contributed by atoms with Crippen LogP contribution in [0.5, 0.6) is 5.88 Å². The Morgan fingerprint density at radius 1 is 1.21 bits per heavy atom. The van der Waals surface area contributed by atoms with Crippen molar-refractivity contribution < 1.29 is 4.74 Å². The Balaban J connectivity index is 0.000000791. The SMILES string of the molecule is CC.CCCCCOc1ccccn1. The number of aromatic nitrogens is 1. The molecule has 0 aliphatic carbocycles. The molecule has 0 bridgehead atoms. The van der Waals surface area contributed by atoms with E-state index in [2.05, 4.69) is 11.9 Å². The molecule has 1 heterocycles. The van der Waals surface area contributed by atoms with Crippen LogP contribution in [0.15, 0.2) is 24.4 Å². The average molecular weight is 195 g/mol. The molecule has 1 aromatic heterocycles. The van der Waals surface area contributed by atoms with E-state index in [4.69, 9.17) is 4.74 Å². The topological polar surface area (TPSA) is 22.1 Å². The number of hydrogen-bond donors (Lipinski definition) is 0. The van der Waals surface area contributed by atoms with Gasteiger partial charge in [-0.3, -0.25) is 0 Å². The first-order valence-electron chi connectivity index (χ1n) is 5.47. The van der Waals surface area contributed by atoms with Gasteiger partial charge in [-0.2, -0.15) is 0 Å². The van der Waals surface area contributed by atoms with Gasteiger partial charge in [-0.25, -0.2) is 4.98 Å². The lowest BCUT2D eigenvalue weighted by molar-refractivity contribution is 0.295. The summed E-state index contributed by atoms with van der Waals surface area (Å²) in [6.07, 6.45) is 5.32. The first-order chi connectivity index (χ1) is 6.93. The van der Waals surface area contributed by atoms with E-state index in [0.717, 1.165) is 18.9 Å². The van der Waals surface area contributed by atoms with Crippen molar-refractivity contribution in [3.8, 4) is 5.88 Å². The molecule has 0 spiro atoms. The Hall–Kier alpha value is -1.05. The third-order valence-electron chi connectivity index (χ3n) is 1.64.